The van der Waals surface area contributed by atoms with E-state index in [1.165, 1.54) is 11.3 Å². The molecule has 0 fully saturated rings. The Bertz CT molecular complexity index is 904. The molecule has 1 aromatic carbocycles. The van der Waals surface area contributed by atoms with E-state index in [-0.39, 0.29) is 24.4 Å². The van der Waals surface area contributed by atoms with Crippen LogP contribution >= 0.6 is 35.3 Å². The third-order valence-electron chi connectivity index (χ3n) is 3.99. The second kappa shape index (κ2) is 8.86. The van der Waals surface area contributed by atoms with Crippen LogP contribution in [-0.4, -0.2) is 28.3 Å². The number of carbonyl (C=O) groups excluding carboxylic acids is 1. The average molecular weight is 413 g/mol. The number of aryl methyl sites for hydroxylation is 1. The molecule has 1 amide bonds. The molecular formula is C18H22Cl2N4OS. The fourth-order valence-corrected chi connectivity index (χ4v) is 3.89. The topological polar surface area (TPSA) is 72.9 Å². The lowest BCUT2D eigenvalue weighted by Gasteiger charge is -2.06. The van der Waals surface area contributed by atoms with Crippen molar-refractivity contribution in [3.8, 4) is 0 Å². The first kappa shape index (κ1) is 20.7. The lowest BCUT2D eigenvalue weighted by atomic mass is 10.2. The summed E-state index contributed by atoms with van der Waals surface area (Å²) < 4.78 is 1.91. The zero-order valence-electron chi connectivity index (χ0n) is 14.7. The summed E-state index contributed by atoms with van der Waals surface area (Å²) in [7, 11) is 0. The molecule has 0 bridgehead atoms. The summed E-state index contributed by atoms with van der Waals surface area (Å²) in [6.07, 6.45) is 0.760. The lowest BCUT2D eigenvalue weighted by Crippen LogP contribution is -2.28. The van der Waals surface area contributed by atoms with Gasteiger partial charge in [-0.15, -0.1) is 23.7 Å². The maximum atomic E-state index is 12.3. The van der Waals surface area contributed by atoms with Gasteiger partial charge in [-0.1, -0.05) is 29.8 Å². The molecule has 0 aliphatic heterocycles. The van der Waals surface area contributed by atoms with E-state index in [0.717, 1.165) is 27.9 Å². The van der Waals surface area contributed by atoms with Gasteiger partial charge in [0.2, 0.25) is 0 Å². The van der Waals surface area contributed by atoms with Gasteiger partial charge in [0.15, 0.2) is 0 Å². The monoisotopic (exact) mass is 412 g/mol. The Morgan fingerprint density at radius 1 is 1.42 bits per heavy atom. The van der Waals surface area contributed by atoms with E-state index in [9.17, 15) is 4.79 Å². The van der Waals surface area contributed by atoms with Crippen molar-refractivity contribution < 1.29 is 4.79 Å². The predicted octanol–water partition coefficient (Wildman–Crippen LogP) is 4.00. The lowest BCUT2D eigenvalue weighted by molar-refractivity contribution is 0.0957. The number of aromatic nitrogens is 2. The number of thiophene rings is 1. The Morgan fingerprint density at radius 3 is 2.85 bits per heavy atom. The molecule has 2 aromatic heterocycles. The summed E-state index contributed by atoms with van der Waals surface area (Å²) in [4.78, 5) is 14.0. The van der Waals surface area contributed by atoms with Crippen molar-refractivity contribution in [1.82, 2.24) is 15.1 Å². The van der Waals surface area contributed by atoms with Crippen LogP contribution in [-0.2, 0) is 6.54 Å². The van der Waals surface area contributed by atoms with Crippen molar-refractivity contribution in [2.75, 3.05) is 6.54 Å². The van der Waals surface area contributed by atoms with Crippen LogP contribution in [0, 0.1) is 6.92 Å². The first-order valence-electron chi connectivity index (χ1n) is 8.20. The van der Waals surface area contributed by atoms with E-state index in [1.54, 1.807) is 0 Å². The number of rotatable bonds is 6. The highest BCUT2D eigenvalue weighted by Crippen LogP contribution is 2.29. The van der Waals surface area contributed by atoms with Crippen molar-refractivity contribution >= 4 is 51.5 Å². The molecule has 0 aliphatic carbocycles. The molecule has 140 valence electrons. The highest BCUT2D eigenvalue weighted by atomic mass is 35.5. The van der Waals surface area contributed by atoms with Gasteiger partial charge in [0.1, 0.15) is 4.83 Å². The standard InChI is InChI=1S/C18H21ClN4OS.ClH/c1-11(20)7-8-21-17(24)16-9-14-12(2)22-23(18(14)25-16)10-13-5-3-4-6-15(13)19;/h3-6,9,11H,7-8,10,20H2,1-2H3,(H,21,24);1H. The van der Waals surface area contributed by atoms with Crippen LogP contribution in [0.3, 0.4) is 0 Å². The molecule has 2 heterocycles. The second-order valence-electron chi connectivity index (χ2n) is 6.19. The molecule has 0 spiro atoms. The van der Waals surface area contributed by atoms with Crippen molar-refractivity contribution in [2.24, 2.45) is 5.73 Å². The van der Waals surface area contributed by atoms with Gasteiger partial charge in [-0.2, -0.15) is 5.10 Å². The van der Waals surface area contributed by atoms with E-state index < -0.39 is 0 Å². The first-order chi connectivity index (χ1) is 12.0. The molecule has 0 saturated carbocycles. The molecule has 0 aliphatic rings. The van der Waals surface area contributed by atoms with Crippen molar-refractivity contribution in [3.63, 3.8) is 0 Å². The third-order valence-corrected chi connectivity index (χ3v) is 5.51. The predicted molar refractivity (Wildman–Crippen MR) is 111 cm³/mol. The number of amides is 1. The smallest absolute Gasteiger partial charge is 0.261 e. The summed E-state index contributed by atoms with van der Waals surface area (Å²) in [6.45, 7) is 5.04. The van der Waals surface area contributed by atoms with Gasteiger partial charge < -0.3 is 11.1 Å². The van der Waals surface area contributed by atoms with Gasteiger partial charge in [0.25, 0.3) is 5.91 Å². The molecule has 8 heteroatoms. The number of nitrogens with zero attached hydrogens (tertiary/aromatic N) is 2. The Balaban J connectivity index is 0.00000243. The van der Waals surface area contributed by atoms with Gasteiger partial charge in [-0.25, -0.2) is 0 Å². The van der Waals surface area contributed by atoms with E-state index in [1.807, 2.05) is 48.9 Å². The average Bonchev–Trinajstić information content (AvgIpc) is 3.11. The van der Waals surface area contributed by atoms with Crippen molar-refractivity contribution in [1.29, 1.82) is 0 Å². The number of nitrogens with one attached hydrogen (secondary N) is 1. The molecule has 1 atom stereocenters. The van der Waals surface area contributed by atoms with Gasteiger partial charge >= 0.3 is 0 Å². The number of fused-ring (bicyclic) bond motifs is 1. The molecule has 26 heavy (non-hydrogen) atoms. The maximum Gasteiger partial charge on any atom is 0.261 e. The SMILES string of the molecule is Cc1nn(Cc2ccccc2Cl)c2sc(C(=O)NCCC(C)N)cc12.Cl. The van der Waals surface area contributed by atoms with Crippen LogP contribution in [0.1, 0.15) is 34.3 Å². The number of benzene rings is 1. The largest absolute Gasteiger partial charge is 0.351 e. The van der Waals surface area contributed by atoms with Crippen LogP contribution in [0.15, 0.2) is 30.3 Å². The van der Waals surface area contributed by atoms with Gasteiger partial charge in [-0.3, -0.25) is 9.48 Å². The van der Waals surface area contributed by atoms with Gasteiger partial charge in [0.05, 0.1) is 17.1 Å². The Kier molecular flexibility index (Phi) is 7.06. The van der Waals surface area contributed by atoms with E-state index in [4.69, 9.17) is 17.3 Å². The number of hydrogen-bond donors (Lipinski definition) is 2. The fourth-order valence-electron chi connectivity index (χ4n) is 2.62. The molecule has 3 aromatic rings. The summed E-state index contributed by atoms with van der Waals surface area (Å²) >= 11 is 7.71. The van der Waals surface area contributed by atoms with E-state index >= 15 is 0 Å². The zero-order chi connectivity index (χ0) is 18.0. The second-order valence-corrected chi connectivity index (χ2v) is 7.62. The van der Waals surface area contributed by atoms with Gasteiger partial charge in [-0.05, 0) is 38.0 Å². The Morgan fingerprint density at radius 2 is 2.15 bits per heavy atom. The normalized spacial score (nSPS) is 12.0. The number of nitrogens with two attached hydrogens (primary N) is 1. The Hall–Kier alpha value is -1.60. The highest BCUT2D eigenvalue weighted by Gasteiger charge is 2.16. The number of carbonyl (C=O) groups is 1. The highest BCUT2D eigenvalue weighted by molar-refractivity contribution is 7.20. The van der Waals surface area contributed by atoms with Crippen molar-refractivity contribution in [3.05, 3.63) is 51.5 Å². The quantitative estimate of drug-likeness (QED) is 0.642. The van der Waals surface area contributed by atoms with Crippen LogP contribution in [0.2, 0.25) is 5.02 Å². The minimum Gasteiger partial charge on any atom is -0.351 e. The van der Waals surface area contributed by atoms with Crippen LogP contribution in [0.4, 0.5) is 0 Å². The summed E-state index contributed by atoms with van der Waals surface area (Å²) in [5, 5.41) is 9.24. The Labute approximate surface area is 167 Å². The van der Waals surface area contributed by atoms with Crippen LogP contribution in [0.25, 0.3) is 10.2 Å². The summed E-state index contributed by atoms with van der Waals surface area (Å²) in [6, 6.07) is 9.71. The molecule has 1 unspecified atom stereocenters. The van der Waals surface area contributed by atoms with Crippen LogP contribution in [0.5, 0.6) is 0 Å². The number of hydrogen-bond acceptors (Lipinski definition) is 4. The molecule has 3 rings (SSSR count). The molecule has 0 radical (unpaired) electrons. The first-order valence-corrected chi connectivity index (χ1v) is 9.39. The minimum atomic E-state index is -0.0643. The van der Waals surface area contributed by atoms with E-state index in [2.05, 4.69) is 10.4 Å². The number of halogens is 2. The molecule has 0 saturated heterocycles. The van der Waals surface area contributed by atoms with Gasteiger partial charge in [0, 0.05) is 23.0 Å². The minimum absolute atomic E-state index is 0. The van der Waals surface area contributed by atoms with Crippen LogP contribution < -0.4 is 11.1 Å². The van der Waals surface area contributed by atoms with E-state index in [0.29, 0.717) is 23.0 Å². The fraction of sp³-hybridized carbons (Fsp3) is 0.333. The molecule has 5 nitrogen and oxygen atoms in total. The molecular weight excluding hydrogens is 391 g/mol. The zero-order valence-corrected chi connectivity index (χ0v) is 17.0. The third kappa shape index (κ3) is 4.57. The molecule has 3 N–H and O–H groups in total. The summed E-state index contributed by atoms with van der Waals surface area (Å²) in [5.41, 5.74) is 7.63. The summed E-state index contributed by atoms with van der Waals surface area (Å²) in [5.74, 6) is -0.0643. The van der Waals surface area contributed by atoms with Crippen molar-refractivity contribution in [2.45, 2.75) is 32.9 Å². The maximum absolute atomic E-state index is 12.3.